The number of imide groups is 1. The minimum Gasteiger partial charge on any atom is -0.361 e. The molecule has 1 unspecified atom stereocenters. The highest BCUT2D eigenvalue weighted by atomic mass is 35.5. The minimum atomic E-state index is -0.543. The van der Waals surface area contributed by atoms with Gasteiger partial charge >= 0.3 is 6.03 Å². The van der Waals surface area contributed by atoms with Crippen LogP contribution in [0.15, 0.2) is 96.2 Å². The van der Waals surface area contributed by atoms with E-state index < -0.39 is 6.04 Å². The normalized spacial score (nSPS) is 15.2. The zero-order valence-electron chi connectivity index (χ0n) is 26.3. The summed E-state index contributed by atoms with van der Waals surface area (Å²) in [6.45, 7) is 4.83. The second-order valence-electron chi connectivity index (χ2n) is 11.3. The van der Waals surface area contributed by atoms with E-state index in [4.69, 9.17) is 11.6 Å². The highest BCUT2D eigenvalue weighted by Crippen LogP contribution is 2.34. The smallest absolute Gasteiger partial charge is 0.325 e. The van der Waals surface area contributed by atoms with E-state index >= 15 is 0 Å². The molecule has 3 aromatic heterocycles. The number of hydrogen-bond donors (Lipinski definition) is 2. The van der Waals surface area contributed by atoms with Crippen molar-refractivity contribution in [3.8, 4) is 0 Å². The van der Waals surface area contributed by atoms with Gasteiger partial charge in [0.05, 0.1) is 24.8 Å². The fraction of sp³-hybridized carbons (Fsp3) is 0.243. The molecular weight excluding hydrogens is 630 g/mol. The number of aryl methyl sites for hydroxylation is 2. The molecule has 3 aromatic carbocycles. The van der Waals surface area contributed by atoms with Crippen LogP contribution in [-0.4, -0.2) is 37.4 Å². The quantitative estimate of drug-likeness (QED) is 0.180. The summed E-state index contributed by atoms with van der Waals surface area (Å²) in [6, 6.07) is 24.2. The average Bonchev–Trinajstić information content (AvgIpc) is 3.86. The van der Waals surface area contributed by atoms with Crippen LogP contribution in [0, 0.1) is 0 Å². The number of fused-ring (bicyclic) bond motifs is 4. The zero-order chi connectivity index (χ0) is 32.9. The van der Waals surface area contributed by atoms with Gasteiger partial charge in [-0.05, 0) is 59.7 Å². The van der Waals surface area contributed by atoms with Gasteiger partial charge in [0, 0.05) is 33.4 Å². The lowest BCUT2D eigenvalue weighted by atomic mass is 10.0. The number of thiophene rings is 1. The molecule has 1 saturated heterocycles. The van der Waals surface area contributed by atoms with Crippen LogP contribution < -0.4 is 10.9 Å². The van der Waals surface area contributed by atoms with E-state index in [1.807, 2.05) is 86.8 Å². The molecule has 3 amide bonds. The number of aromatic amines is 1. The third-order valence-corrected chi connectivity index (χ3v) is 9.80. The Hall–Kier alpha value is -4.73. The molecule has 10 heteroatoms. The molecule has 0 radical (unpaired) electrons. The highest BCUT2D eigenvalue weighted by Gasteiger charge is 2.38. The molecule has 2 aliphatic rings. The maximum Gasteiger partial charge on any atom is 0.325 e. The van der Waals surface area contributed by atoms with Crippen molar-refractivity contribution in [2.24, 2.45) is 0 Å². The van der Waals surface area contributed by atoms with Gasteiger partial charge in [0.25, 0.3) is 11.5 Å². The van der Waals surface area contributed by atoms with Gasteiger partial charge in [-0.1, -0.05) is 86.1 Å². The summed E-state index contributed by atoms with van der Waals surface area (Å²) in [5.74, 6) is -0.203. The summed E-state index contributed by atoms with van der Waals surface area (Å²) in [6.07, 6.45) is 7.35. The number of benzene rings is 3. The molecule has 2 N–H and O–H groups in total. The van der Waals surface area contributed by atoms with E-state index in [9.17, 15) is 14.4 Å². The Morgan fingerprint density at radius 3 is 2.40 bits per heavy atom. The summed E-state index contributed by atoms with van der Waals surface area (Å²) in [5.41, 5.74) is 5.39. The van der Waals surface area contributed by atoms with Crippen molar-refractivity contribution < 1.29 is 9.59 Å². The van der Waals surface area contributed by atoms with Gasteiger partial charge in [-0.2, -0.15) is 0 Å². The van der Waals surface area contributed by atoms with E-state index in [0.29, 0.717) is 18.0 Å². The lowest BCUT2D eigenvalue weighted by Gasteiger charge is -2.13. The number of halogens is 1. The number of amides is 3. The van der Waals surface area contributed by atoms with Gasteiger partial charge in [0.2, 0.25) is 0 Å². The van der Waals surface area contributed by atoms with Crippen LogP contribution in [0.5, 0.6) is 0 Å². The fourth-order valence-electron chi connectivity index (χ4n) is 6.07. The number of carbonyl (C=O) groups excluding carboxylic acids is 2. The number of para-hydroxylation sites is 1. The molecule has 240 valence electrons. The summed E-state index contributed by atoms with van der Waals surface area (Å²) in [5, 5.41) is 5.34. The lowest BCUT2D eigenvalue weighted by molar-refractivity contribution is -0.127. The first-order valence-electron chi connectivity index (χ1n) is 15.9. The number of carbonyl (C=O) groups is 2. The van der Waals surface area contributed by atoms with E-state index in [0.717, 1.165) is 50.7 Å². The Balaban J connectivity index is 0.000000159. The summed E-state index contributed by atoms with van der Waals surface area (Å²) in [4.78, 5) is 48.8. The minimum absolute atomic E-state index is 0.109. The maximum atomic E-state index is 12.7. The standard InChI is InChI=1S/C19H16ClN3O2.C16H14N2OS.C2H6/c20-14-7-5-12(6-8-14)11-23-18(24)17(22-19(23)25)9-13-10-21-16-4-2-1-3-15(13)16;19-16-14-12-7-4-8-13(12)20-15(14)17-10-18(16)9-11-5-2-1-3-6-11;1-2/h1-8,10,17,21H,9,11H2,(H,22,25);1-3,5-6,10H,4,7-9H2;1-2H3. The van der Waals surface area contributed by atoms with E-state index in [1.165, 1.54) is 21.8 Å². The topological polar surface area (TPSA) is 100 Å². The highest BCUT2D eigenvalue weighted by molar-refractivity contribution is 7.18. The zero-order valence-corrected chi connectivity index (χ0v) is 27.9. The molecule has 8 nitrogen and oxygen atoms in total. The van der Waals surface area contributed by atoms with Gasteiger partial charge < -0.3 is 10.3 Å². The van der Waals surface area contributed by atoms with E-state index in [2.05, 4.69) is 15.3 Å². The van der Waals surface area contributed by atoms with Crippen molar-refractivity contribution in [3.05, 3.63) is 134 Å². The fourth-order valence-corrected chi connectivity index (χ4v) is 7.42. The van der Waals surface area contributed by atoms with Crippen LogP contribution in [0.1, 0.15) is 47.4 Å². The molecule has 4 heterocycles. The first-order chi connectivity index (χ1) is 22.9. The van der Waals surface area contributed by atoms with Crippen LogP contribution in [0.4, 0.5) is 4.79 Å². The van der Waals surface area contributed by atoms with E-state index in [1.54, 1.807) is 34.4 Å². The largest absolute Gasteiger partial charge is 0.361 e. The number of rotatable bonds is 6. The monoisotopic (exact) mass is 665 g/mol. The average molecular weight is 666 g/mol. The number of nitrogens with one attached hydrogen (secondary N) is 2. The molecule has 0 spiro atoms. The number of urea groups is 1. The van der Waals surface area contributed by atoms with Crippen LogP contribution in [-0.2, 0) is 37.1 Å². The Bertz CT molecular complexity index is 2080. The number of H-pyrrole nitrogens is 1. The Morgan fingerprint density at radius 1 is 0.894 bits per heavy atom. The number of aromatic nitrogens is 3. The predicted molar refractivity (Wildman–Crippen MR) is 189 cm³/mol. The van der Waals surface area contributed by atoms with Gasteiger partial charge in [0.1, 0.15) is 10.9 Å². The van der Waals surface area contributed by atoms with Crippen LogP contribution in [0.2, 0.25) is 5.02 Å². The van der Waals surface area contributed by atoms with Crippen molar-refractivity contribution in [2.45, 2.75) is 58.7 Å². The van der Waals surface area contributed by atoms with E-state index in [-0.39, 0.29) is 24.0 Å². The predicted octanol–water partition coefficient (Wildman–Crippen LogP) is 7.51. The Labute approximate surface area is 282 Å². The van der Waals surface area contributed by atoms with Crippen molar-refractivity contribution in [1.82, 2.24) is 24.8 Å². The first kappa shape index (κ1) is 32.2. The van der Waals surface area contributed by atoms with Crippen LogP contribution >= 0.6 is 22.9 Å². The summed E-state index contributed by atoms with van der Waals surface area (Å²) in [7, 11) is 0. The first-order valence-corrected chi connectivity index (χ1v) is 17.1. The third kappa shape index (κ3) is 6.87. The number of hydrogen-bond acceptors (Lipinski definition) is 5. The number of nitrogens with zero attached hydrogens (tertiary/aromatic N) is 3. The van der Waals surface area contributed by atoms with Crippen LogP contribution in [0.3, 0.4) is 0 Å². The van der Waals surface area contributed by atoms with Gasteiger partial charge in [-0.3, -0.25) is 19.1 Å². The lowest BCUT2D eigenvalue weighted by Crippen LogP contribution is -2.32. The molecule has 0 saturated carbocycles. The molecule has 1 aliphatic carbocycles. The second-order valence-corrected chi connectivity index (χ2v) is 12.8. The van der Waals surface area contributed by atoms with Crippen LogP contribution in [0.25, 0.3) is 21.1 Å². The van der Waals surface area contributed by atoms with Gasteiger partial charge in [0.15, 0.2) is 0 Å². The Morgan fingerprint density at radius 2 is 1.62 bits per heavy atom. The second kappa shape index (κ2) is 14.4. The molecule has 0 bridgehead atoms. The molecule has 6 aromatic rings. The Kier molecular flexibility index (Phi) is 9.84. The molecule has 47 heavy (non-hydrogen) atoms. The van der Waals surface area contributed by atoms with Gasteiger partial charge in [-0.25, -0.2) is 9.78 Å². The molecule has 8 rings (SSSR count). The third-order valence-electron chi connectivity index (χ3n) is 8.35. The molecule has 1 aliphatic heterocycles. The summed E-state index contributed by atoms with van der Waals surface area (Å²) >= 11 is 7.56. The molecule has 1 fully saturated rings. The van der Waals surface area contributed by atoms with Gasteiger partial charge in [-0.15, -0.1) is 11.3 Å². The van der Waals surface area contributed by atoms with Crippen molar-refractivity contribution in [2.75, 3.05) is 0 Å². The summed E-state index contributed by atoms with van der Waals surface area (Å²) < 4.78 is 1.73. The SMILES string of the molecule is CC.O=C1NC(Cc2c[nH]c3ccccc23)C(=O)N1Cc1ccc(Cl)cc1.O=c1c2c3c(sc2ncn1Cc1ccccc1)CCC3. The molecule has 1 atom stereocenters. The van der Waals surface area contributed by atoms with Crippen molar-refractivity contribution >= 4 is 56.0 Å². The molecular formula is C37H36ClN5O3S. The van der Waals surface area contributed by atoms with Crippen molar-refractivity contribution in [1.29, 1.82) is 0 Å². The maximum absolute atomic E-state index is 12.7. The van der Waals surface area contributed by atoms with Crippen molar-refractivity contribution in [3.63, 3.8) is 0 Å².